The van der Waals surface area contributed by atoms with Crippen molar-refractivity contribution in [3.8, 4) is 0 Å². The summed E-state index contributed by atoms with van der Waals surface area (Å²) in [6.45, 7) is 9.05. The summed E-state index contributed by atoms with van der Waals surface area (Å²) in [4.78, 5) is 11.9. The SMILES string of the molecule is CCC(C)OCCC1CCCC1(NC(C)C)C(N)=O. The van der Waals surface area contributed by atoms with E-state index in [0.717, 1.165) is 32.1 Å². The zero-order valence-electron chi connectivity index (χ0n) is 12.9. The van der Waals surface area contributed by atoms with E-state index in [-0.39, 0.29) is 11.9 Å². The van der Waals surface area contributed by atoms with Crippen LogP contribution in [0.3, 0.4) is 0 Å². The molecule has 0 radical (unpaired) electrons. The van der Waals surface area contributed by atoms with E-state index in [2.05, 4.69) is 33.0 Å². The number of amides is 1. The average Bonchev–Trinajstić information content (AvgIpc) is 2.72. The molecule has 0 aromatic heterocycles. The van der Waals surface area contributed by atoms with Crippen molar-refractivity contribution in [2.75, 3.05) is 6.61 Å². The molecule has 0 aliphatic heterocycles. The van der Waals surface area contributed by atoms with Crippen LogP contribution < -0.4 is 11.1 Å². The lowest BCUT2D eigenvalue weighted by Gasteiger charge is -2.35. The fourth-order valence-corrected chi connectivity index (χ4v) is 3.10. The van der Waals surface area contributed by atoms with Gasteiger partial charge in [-0.2, -0.15) is 0 Å². The van der Waals surface area contributed by atoms with Gasteiger partial charge in [0.15, 0.2) is 0 Å². The van der Waals surface area contributed by atoms with Gasteiger partial charge in [-0.1, -0.05) is 13.3 Å². The lowest BCUT2D eigenvalue weighted by molar-refractivity contribution is -0.126. The maximum atomic E-state index is 11.9. The molecule has 3 unspecified atom stereocenters. The van der Waals surface area contributed by atoms with Crippen LogP contribution in [-0.2, 0) is 9.53 Å². The van der Waals surface area contributed by atoms with Gasteiger partial charge in [-0.05, 0) is 52.4 Å². The fraction of sp³-hybridized carbons (Fsp3) is 0.933. The second kappa shape index (κ2) is 7.25. The third kappa shape index (κ3) is 4.18. The minimum atomic E-state index is -0.521. The van der Waals surface area contributed by atoms with Crippen molar-refractivity contribution in [1.82, 2.24) is 5.32 Å². The molecule has 0 spiro atoms. The van der Waals surface area contributed by atoms with Gasteiger partial charge in [0, 0.05) is 12.6 Å². The maximum absolute atomic E-state index is 11.9. The highest BCUT2D eigenvalue weighted by Gasteiger charge is 2.47. The molecule has 1 aliphatic rings. The van der Waals surface area contributed by atoms with E-state index in [9.17, 15) is 4.79 Å². The van der Waals surface area contributed by atoms with Crippen LogP contribution in [0, 0.1) is 5.92 Å². The summed E-state index contributed by atoms with van der Waals surface area (Å²) in [5, 5.41) is 3.43. The van der Waals surface area contributed by atoms with Crippen LogP contribution in [0.15, 0.2) is 0 Å². The number of carbonyl (C=O) groups is 1. The summed E-state index contributed by atoms with van der Waals surface area (Å²) in [5.41, 5.74) is 5.17. The summed E-state index contributed by atoms with van der Waals surface area (Å²) < 4.78 is 5.75. The molecule has 3 atom stereocenters. The third-order valence-corrected chi connectivity index (χ3v) is 4.25. The number of ether oxygens (including phenoxy) is 1. The zero-order chi connectivity index (χ0) is 14.5. The molecule has 1 aliphatic carbocycles. The summed E-state index contributed by atoms with van der Waals surface area (Å²) in [5.74, 6) is 0.101. The Morgan fingerprint density at radius 2 is 2.16 bits per heavy atom. The Kier molecular flexibility index (Phi) is 6.27. The number of primary amides is 1. The number of hydrogen-bond acceptors (Lipinski definition) is 3. The number of carbonyl (C=O) groups excluding carboxylic acids is 1. The van der Waals surface area contributed by atoms with E-state index in [0.29, 0.717) is 18.6 Å². The van der Waals surface area contributed by atoms with Gasteiger partial charge in [-0.15, -0.1) is 0 Å². The summed E-state index contributed by atoms with van der Waals surface area (Å²) in [7, 11) is 0. The van der Waals surface area contributed by atoms with E-state index in [1.165, 1.54) is 0 Å². The van der Waals surface area contributed by atoms with Crippen molar-refractivity contribution < 1.29 is 9.53 Å². The average molecular weight is 270 g/mol. The molecule has 1 amide bonds. The molecule has 4 nitrogen and oxygen atoms in total. The van der Waals surface area contributed by atoms with E-state index < -0.39 is 5.54 Å². The molecule has 1 saturated carbocycles. The molecule has 0 heterocycles. The van der Waals surface area contributed by atoms with Gasteiger partial charge in [-0.25, -0.2) is 0 Å². The molecule has 112 valence electrons. The van der Waals surface area contributed by atoms with Gasteiger partial charge in [0.25, 0.3) is 0 Å². The molecular formula is C15H30N2O2. The molecule has 0 aromatic rings. The van der Waals surface area contributed by atoms with Crippen LogP contribution in [0.1, 0.15) is 59.8 Å². The predicted molar refractivity (Wildman–Crippen MR) is 77.9 cm³/mol. The molecule has 0 bridgehead atoms. The first-order chi connectivity index (χ1) is 8.92. The van der Waals surface area contributed by atoms with Crippen LogP contribution in [0.2, 0.25) is 0 Å². The van der Waals surface area contributed by atoms with Crippen LogP contribution in [0.5, 0.6) is 0 Å². The molecule has 1 rings (SSSR count). The van der Waals surface area contributed by atoms with Gasteiger partial charge in [0.2, 0.25) is 5.91 Å². The van der Waals surface area contributed by atoms with E-state index in [1.54, 1.807) is 0 Å². The second-order valence-corrected chi connectivity index (χ2v) is 6.10. The van der Waals surface area contributed by atoms with Gasteiger partial charge in [0.05, 0.1) is 6.10 Å². The standard InChI is InChI=1S/C15H30N2O2/c1-5-12(4)19-10-8-13-7-6-9-15(13,14(16)18)17-11(2)3/h11-13,17H,5-10H2,1-4H3,(H2,16,18). The first kappa shape index (κ1) is 16.4. The number of hydrogen-bond donors (Lipinski definition) is 2. The van der Waals surface area contributed by atoms with E-state index in [1.807, 2.05) is 0 Å². The molecule has 19 heavy (non-hydrogen) atoms. The van der Waals surface area contributed by atoms with Crippen molar-refractivity contribution in [3.05, 3.63) is 0 Å². The van der Waals surface area contributed by atoms with Crippen molar-refractivity contribution in [3.63, 3.8) is 0 Å². The highest BCUT2D eigenvalue weighted by atomic mass is 16.5. The monoisotopic (exact) mass is 270 g/mol. The zero-order valence-corrected chi connectivity index (χ0v) is 12.9. The second-order valence-electron chi connectivity index (χ2n) is 6.10. The van der Waals surface area contributed by atoms with Crippen LogP contribution in [-0.4, -0.2) is 30.2 Å². The Balaban J connectivity index is 2.61. The summed E-state index contributed by atoms with van der Waals surface area (Å²) >= 11 is 0. The fourth-order valence-electron chi connectivity index (χ4n) is 3.10. The minimum Gasteiger partial charge on any atom is -0.379 e. The van der Waals surface area contributed by atoms with Gasteiger partial charge in [0.1, 0.15) is 5.54 Å². The molecule has 1 fully saturated rings. The molecule has 3 N–H and O–H groups in total. The third-order valence-electron chi connectivity index (χ3n) is 4.25. The van der Waals surface area contributed by atoms with Gasteiger partial charge in [-0.3, -0.25) is 4.79 Å². The van der Waals surface area contributed by atoms with E-state index in [4.69, 9.17) is 10.5 Å². The Morgan fingerprint density at radius 1 is 1.47 bits per heavy atom. The van der Waals surface area contributed by atoms with Crippen molar-refractivity contribution in [2.24, 2.45) is 11.7 Å². The van der Waals surface area contributed by atoms with Crippen LogP contribution in [0.25, 0.3) is 0 Å². The lowest BCUT2D eigenvalue weighted by Crippen LogP contribution is -2.60. The molecule has 4 heteroatoms. The predicted octanol–water partition coefficient (Wildman–Crippen LogP) is 2.21. The normalized spacial score (nSPS) is 28.8. The maximum Gasteiger partial charge on any atom is 0.238 e. The Bertz CT molecular complexity index is 294. The summed E-state index contributed by atoms with van der Waals surface area (Å²) in [6, 6.07) is 0.267. The first-order valence-corrected chi connectivity index (χ1v) is 7.61. The smallest absolute Gasteiger partial charge is 0.238 e. The highest BCUT2D eigenvalue weighted by molar-refractivity contribution is 5.85. The number of nitrogens with one attached hydrogen (secondary N) is 1. The number of rotatable bonds is 8. The van der Waals surface area contributed by atoms with Crippen molar-refractivity contribution >= 4 is 5.91 Å². The van der Waals surface area contributed by atoms with E-state index >= 15 is 0 Å². The van der Waals surface area contributed by atoms with Gasteiger partial charge < -0.3 is 15.8 Å². The topological polar surface area (TPSA) is 64.3 Å². The quantitative estimate of drug-likeness (QED) is 0.711. The number of nitrogens with two attached hydrogens (primary N) is 1. The molecule has 0 aromatic carbocycles. The lowest BCUT2D eigenvalue weighted by atomic mass is 9.83. The Morgan fingerprint density at radius 3 is 2.68 bits per heavy atom. The minimum absolute atomic E-state index is 0.202. The van der Waals surface area contributed by atoms with Crippen molar-refractivity contribution in [2.45, 2.75) is 77.5 Å². The Hall–Kier alpha value is -0.610. The van der Waals surface area contributed by atoms with Crippen LogP contribution >= 0.6 is 0 Å². The molecular weight excluding hydrogens is 240 g/mol. The highest BCUT2D eigenvalue weighted by Crippen LogP contribution is 2.38. The largest absolute Gasteiger partial charge is 0.379 e. The van der Waals surface area contributed by atoms with Gasteiger partial charge >= 0.3 is 0 Å². The van der Waals surface area contributed by atoms with Crippen molar-refractivity contribution in [1.29, 1.82) is 0 Å². The Labute approximate surface area is 117 Å². The van der Waals surface area contributed by atoms with Crippen LogP contribution in [0.4, 0.5) is 0 Å². The first-order valence-electron chi connectivity index (χ1n) is 7.61. The molecule has 0 saturated heterocycles. The summed E-state index contributed by atoms with van der Waals surface area (Å²) in [6.07, 6.45) is 5.21.